The first-order valence-electron chi connectivity index (χ1n) is 7.11. The molecule has 6 N–H and O–H groups in total. The van der Waals surface area contributed by atoms with Gasteiger partial charge < -0.3 is 17.2 Å². The Morgan fingerprint density at radius 1 is 0.727 bits per heavy atom. The van der Waals surface area contributed by atoms with Gasteiger partial charge in [-0.3, -0.25) is 0 Å². The van der Waals surface area contributed by atoms with Crippen LogP contribution in [0.1, 0.15) is 18.1 Å². The number of hydrogen-bond donors (Lipinski definition) is 3. The summed E-state index contributed by atoms with van der Waals surface area (Å²) in [6.45, 7) is 1.78. The topological polar surface area (TPSA) is 103 Å². The minimum atomic E-state index is 0.0724. The molecule has 0 fully saturated rings. The molecule has 0 spiro atoms. The molecule has 0 atom stereocenters. The van der Waals surface area contributed by atoms with Gasteiger partial charge in [0.25, 0.3) is 0 Å². The molecule has 22 heavy (non-hydrogen) atoms. The minimum Gasteiger partial charge on any atom is -0.387 e. The van der Waals surface area contributed by atoms with Gasteiger partial charge in [0.05, 0.1) is 17.2 Å². The van der Waals surface area contributed by atoms with E-state index in [0.29, 0.717) is 5.84 Å². The summed E-state index contributed by atoms with van der Waals surface area (Å²) in [6.07, 6.45) is 1.92. The summed E-state index contributed by atoms with van der Waals surface area (Å²) in [5, 5.41) is 0. The molecular weight excluding hydrogens is 274 g/mol. The van der Waals surface area contributed by atoms with Crippen molar-refractivity contribution in [1.82, 2.24) is 0 Å². The lowest BCUT2D eigenvalue weighted by molar-refractivity contribution is 0.960. The first-order chi connectivity index (χ1) is 10.5. The van der Waals surface area contributed by atoms with E-state index < -0.39 is 0 Å². The number of aryl methyl sites for hydroxylation is 2. The van der Waals surface area contributed by atoms with Crippen molar-refractivity contribution in [2.45, 2.75) is 19.8 Å². The van der Waals surface area contributed by atoms with E-state index >= 15 is 0 Å². The molecule has 0 aliphatic carbocycles. The lowest BCUT2D eigenvalue weighted by Gasteiger charge is -2.04. The van der Waals surface area contributed by atoms with E-state index in [1.807, 2.05) is 36.4 Å². The Kier molecular flexibility index (Phi) is 5.14. The fourth-order valence-corrected chi connectivity index (χ4v) is 2.12. The first kappa shape index (κ1) is 15.6. The molecule has 0 radical (unpaired) electrons. The zero-order chi connectivity index (χ0) is 15.9. The fourth-order valence-electron chi connectivity index (χ4n) is 2.12. The average Bonchev–Trinajstić information content (AvgIpc) is 2.47. The summed E-state index contributed by atoms with van der Waals surface area (Å²) < 4.78 is 0. The third kappa shape index (κ3) is 4.94. The van der Waals surface area contributed by atoms with Gasteiger partial charge in [-0.05, 0) is 55.2 Å². The van der Waals surface area contributed by atoms with E-state index in [1.54, 1.807) is 6.92 Å². The Hall–Kier alpha value is -2.82. The van der Waals surface area contributed by atoms with Gasteiger partial charge in [-0.15, -0.1) is 0 Å². The molecule has 5 nitrogen and oxygen atoms in total. The monoisotopic (exact) mass is 295 g/mol. The first-order valence-corrected chi connectivity index (χ1v) is 7.11. The highest BCUT2D eigenvalue weighted by Crippen LogP contribution is 2.17. The van der Waals surface area contributed by atoms with Gasteiger partial charge in [0, 0.05) is 0 Å². The Labute approximate surface area is 130 Å². The number of nitrogens with zero attached hydrogens (tertiary/aromatic N) is 2. The molecule has 114 valence electrons. The molecule has 0 unspecified atom stereocenters. The third-order valence-electron chi connectivity index (χ3n) is 3.14. The predicted molar refractivity (Wildman–Crippen MR) is 92.7 cm³/mol. The largest absolute Gasteiger partial charge is 0.387 e. The number of aliphatic imine (C=N–C) groups is 2. The lowest BCUT2D eigenvalue weighted by atomic mass is 10.0. The van der Waals surface area contributed by atoms with Crippen LogP contribution in [0.2, 0.25) is 0 Å². The molecule has 5 heteroatoms. The number of benzene rings is 2. The molecule has 0 bridgehead atoms. The number of rotatable bonds is 5. The zero-order valence-electron chi connectivity index (χ0n) is 12.7. The Morgan fingerprint density at radius 2 is 1.14 bits per heavy atom. The molecule has 0 saturated carbocycles. The number of nitrogens with two attached hydrogens (primary N) is 3. The molecular formula is C17H21N5. The van der Waals surface area contributed by atoms with Crippen LogP contribution < -0.4 is 17.2 Å². The van der Waals surface area contributed by atoms with Crippen LogP contribution in [0.25, 0.3) is 0 Å². The summed E-state index contributed by atoms with van der Waals surface area (Å²) in [7, 11) is 0. The Balaban J connectivity index is 1.95. The van der Waals surface area contributed by atoms with Crippen LogP contribution in [0.5, 0.6) is 0 Å². The van der Waals surface area contributed by atoms with Gasteiger partial charge in [0.15, 0.2) is 5.96 Å². The normalized spacial score (nSPS) is 11.2. The standard InChI is InChI=1S/C17H21N5/c1-12(18)21-15-8-4-13(5-9-15)2-3-14-6-10-16(11-7-14)22-17(19)20/h4-11H,2-3H2,1H3,(H2,18,21)(H4,19,20,22). The van der Waals surface area contributed by atoms with Crippen LogP contribution in [0.3, 0.4) is 0 Å². The summed E-state index contributed by atoms with van der Waals surface area (Å²) in [6, 6.07) is 16.0. The minimum absolute atomic E-state index is 0.0724. The molecule has 2 rings (SSSR count). The van der Waals surface area contributed by atoms with Crippen molar-refractivity contribution in [3.63, 3.8) is 0 Å². The average molecular weight is 295 g/mol. The van der Waals surface area contributed by atoms with Crippen molar-refractivity contribution in [3.8, 4) is 0 Å². The molecule has 2 aromatic rings. The maximum atomic E-state index is 5.56. The van der Waals surface area contributed by atoms with Gasteiger partial charge in [0.1, 0.15) is 0 Å². The molecule has 0 aromatic heterocycles. The van der Waals surface area contributed by atoms with E-state index in [0.717, 1.165) is 24.2 Å². The SMILES string of the molecule is CC(N)=Nc1ccc(CCc2ccc(N=C(N)N)cc2)cc1. The van der Waals surface area contributed by atoms with E-state index in [2.05, 4.69) is 22.1 Å². The van der Waals surface area contributed by atoms with Crippen LogP contribution in [0, 0.1) is 0 Å². The molecule has 0 aliphatic rings. The lowest BCUT2D eigenvalue weighted by Crippen LogP contribution is -2.21. The summed E-state index contributed by atoms with van der Waals surface area (Å²) in [5.74, 6) is 0.636. The molecule has 0 amide bonds. The quantitative estimate of drug-likeness (QED) is 0.583. The van der Waals surface area contributed by atoms with Crippen LogP contribution >= 0.6 is 0 Å². The van der Waals surface area contributed by atoms with Gasteiger partial charge in [-0.2, -0.15) is 0 Å². The summed E-state index contributed by atoms with van der Waals surface area (Å²) in [5.41, 5.74) is 20.4. The highest BCUT2D eigenvalue weighted by molar-refractivity contribution is 5.80. The highest BCUT2D eigenvalue weighted by Gasteiger charge is 1.98. The van der Waals surface area contributed by atoms with Crippen LogP contribution in [-0.4, -0.2) is 11.8 Å². The van der Waals surface area contributed by atoms with Crippen LogP contribution in [-0.2, 0) is 12.8 Å². The second-order valence-corrected chi connectivity index (χ2v) is 5.12. The zero-order valence-corrected chi connectivity index (χ0v) is 12.7. The predicted octanol–water partition coefficient (Wildman–Crippen LogP) is 2.39. The second kappa shape index (κ2) is 7.26. The molecule has 0 heterocycles. The van der Waals surface area contributed by atoms with E-state index in [-0.39, 0.29) is 5.96 Å². The Bertz CT molecular complexity index is 600. The maximum Gasteiger partial charge on any atom is 0.191 e. The highest BCUT2D eigenvalue weighted by atomic mass is 15.0. The molecule has 2 aromatic carbocycles. The van der Waals surface area contributed by atoms with Crippen molar-refractivity contribution in [1.29, 1.82) is 0 Å². The van der Waals surface area contributed by atoms with Crippen molar-refractivity contribution in [2.24, 2.45) is 27.2 Å². The van der Waals surface area contributed by atoms with Crippen molar-refractivity contribution in [3.05, 3.63) is 59.7 Å². The molecule has 0 saturated heterocycles. The number of hydrogen-bond acceptors (Lipinski definition) is 2. The Morgan fingerprint density at radius 3 is 1.50 bits per heavy atom. The van der Waals surface area contributed by atoms with E-state index in [9.17, 15) is 0 Å². The van der Waals surface area contributed by atoms with Gasteiger partial charge in [-0.1, -0.05) is 24.3 Å². The van der Waals surface area contributed by atoms with E-state index in [4.69, 9.17) is 17.2 Å². The van der Waals surface area contributed by atoms with Crippen molar-refractivity contribution in [2.75, 3.05) is 0 Å². The summed E-state index contributed by atoms with van der Waals surface area (Å²) >= 11 is 0. The van der Waals surface area contributed by atoms with Crippen molar-refractivity contribution < 1.29 is 0 Å². The van der Waals surface area contributed by atoms with Crippen LogP contribution in [0.15, 0.2) is 58.5 Å². The van der Waals surface area contributed by atoms with Crippen LogP contribution in [0.4, 0.5) is 11.4 Å². The number of guanidine groups is 1. The molecule has 0 aliphatic heterocycles. The summed E-state index contributed by atoms with van der Waals surface area (Å²) in [4.78, 5) is 8.22. The number of amidine groups is 1. The van der Waals surface area contributed by atoms with Gasteiger partial charge in [-0.25, -0.2) is 9.98 Å². The van der Waals surface area contributed by atoms with Gasteiger partial charge in [0.2, 0.25) is 0 Å². The smallest absolute Gasteiger partial charge is 0.191 e. The third-order valence-corrected chi connectivity index (χ3v) is 3.14. The van der Waals surface area contributed by atoms with Crippen molar-refractivity contribution >= 4 is 23.2 Å². The van der Waals surface area contributed by atoms with E-state index in [1.165, 1.54) is 11.1 Å². The van der Waals surface area contributed by atoms with Gasteiger partial charge >= 0.3 is 0 Å². The second-order valence-electron chi connectivity index (χ2n) is 5.12. The maximum absolute atomic E-state index is 5.56. The fraction of sp³-hybridized carbons (Fsp3) is 0.176.